The Kier molecular flexibility index (Phi) is 5.08. The average molecular weight is 339 g/mol. The average Bonchev–Trinajstić information content (AvgIpc) is 2.19. The van der Waals surface area contributed by atoms with Gasteiger partial charge in [0, 0.05) is 6.42 Å². The Balaban J connectivity index is 3.07. The van der Waals surface area contributed by atoms with Gasteiger partial charge in [0.25, 0.3) is 0 Å². The van der Waals surface area contributed by atoms with Crippen LogP contribution in [0.15, 0.2) is 17.0 Å². The maximum atomic E-state index is 11.8. The fourth-order valence-corrected chi connectivity index (χ4v) is 2.77. The van der Waals surface area contributed by atoms with E-state index in [4.69, 9.17) is 28.3 Å². The third-order valence-corrected chi connectivity index (χ3v) is 3.79. The largest absolute Gasteiger partial charge is 0.324 e. The summed E-state index contributed by atoms with van der Waals surface area (Å²) in [5, 5.41) is 7.61. The Labute approximate surface area is 128 Å². The van der Waals surface area contributed by atoms with Gasteiger partial charge in [-0.1, -0.05) is 44.0 Å². The number of carbonyl (C=O) groups excluding carboxylic acids is 1. The molecule has 0 aliphatic carbocycles. The SMILES string of the molecule is CC(C)(C)CC(=O)Nc1c(Cl)cc(S(N)(=O)=O)cc1Cl. The normalized spacial score (nSPS) is 12.3. The molecule has 0 aliphatic heterocycles. The monoisotopic (exact) mass is 338 g/mol. The van der Waals surface area contributed by atoms with Crippen molar-refractivity contribution in [1.29, 1.82) is 0 Å². The number of sulfonamides is 1. The zero-order valence-electron chi connectivity index (χ0n) is 11.3. The van der Waals surface area contributed by atoms with Crippen molar-refractivity contribution in [1.82, 2.24) is 0 Å². The molecule has 0 aliphatic rings. The number of anilines is 1. The third-order valence-electron chi connectivity index (χ3n) is 2.30. The molecule has 0 unspecified atom stereocenters. The number of nitrogens with two attached hydrogens (primary N) is 1. The first-order chi connectivity index (χ1) is 8.90. The van der Waals surface area contributed by atoms with Crippen molar-refractivity contribution in [3.63, 3.8) is 0 Å². The third kappa shape index (κ3) is 4.94. The highest BCUT2D eigenvalue weighted by Gasteiger charge is 2.19. The van der Waals surface area contributed by atoms with Gasteiger partial charge in [0.2, 0.25) is 15.9 Å². The first-order valence-electron chi connectivity index (χ1n) is 5.72. The van der Waals surface area contributed by atoms with Crippen molar-refractivity contribution in [3.8, 4) is 0 Å². The molecule has 8 heteroatoms. The highest BCUT2D eigenvalue weighted by Crippen LogP contribution is 2.33. The zero-order chi connectivity index (χ0) is 15.7. The highest BCUT2D eigenvalue weighted by atomic mass is 35.5. The number of nitrogens with one attached hydrogen (secondary N) is 1. The van der Waals surface area contributed by atoms with Crippen molar-refractivity contribution < 1.29 is 13.2 Å². The Morgan fingerprint density at radius 1 is 1.25 bits per heavy atom. The molecule has 0 aromatic heterocycles. The van der Waals surface area contributed by atoms with Crippen molar-refractivity contribution in [3.05, 3.63) is 22.2 Å². The smallest absolute Gasteiger partial charge is 0.238 e. The minimum atomic E-state index is -3.90. The molecule has 0 atom stereocenters. The summed E-state index contributed by atoms with van der Waals surface area (Å²) < 4.78 is 22.5. The number of rotatable bonds is 3. The fraction of sp³-hybridized carbons (Fsp3) is 0.417. The predicted molar refractivity (Wildman–Crippen MR) is 80.5 cm³/mol. The zero-order valence-corrected chi connectivity index (χ0v) is 13.7. The Morgan fingerprint density at radius 2 is 1.70 bits per heavy atom. The molecule has 1 amide bonds. The number of hydrogen-bond donors (Lipinski definition) is 2. The second-order valence-corrected chi connectivity index (χ2v) is 7.97. The molecule has 0 heterocycles. The van der Waals surface area contributed by atoms with E-state index in [2.05, 4.69) is 5.32 Å². The van der Waals surface area contributed by atoms with Crippen LogP contribution in [0.4, 0.5) is 5.69 Å². The summed E-state index contributed by atoms with van der Waals surface area (Å²) in [6.07, 6.45) is 0.274. The summed E-state index contributed by atoms with van der Waals surface area (Å²) in [6.45, 7) is 5.75. The van der Waals surface area contributed by atoms with Crippen molar-refractivity contribution in [2.45, 2.75) is 32.1 Å². The van der Waals surface area contributed by atoms with E-state index in [1.807, 2.05) is 20.8 Å². The fourth-order valence-electron chi connectivity index (χ4n) is 1.50. The van der Waals surface area contributed by atoms with E-state index < -0.39 is 10.0 Å². The number of hydrogen-bond acceptors (Lipinski definition) is 3. The summed E-state index contributed by atoms with van der Waals surface area (Å²) in [6, 6.07) is 2.30. The predicted octanol–water partition coefficient (Wildman–Crippen LogP) is 3.02. The minimum absolute atomic E-state index is 0.0174. The lowest BCUT2D eigenvalue weighted by molar-refractivity contribution is -0.117. The van der Waals surface area contributed by atoms with Gasteiger partial charge in [-0.25, -0.2) is 13.6 Å². The topological polar surface area (TPSA) is 89.3 Å². The van der Waals surface area contributed by atoms with Crippen LogP contribution < -0.4 is 10.5 Å². The maximum absolute atomic E-state index is 11.8. The lowest BCUT2D eigenvalue weighted by Crippen LogP contribution is -2.20. The van der Waals surface area contributed by atoms with Gasteiger partial charge in [-0.05, 0) is 17.5 Å². The number of carbonyl (C=O) groups is 1. The van der Waals surface area contributed by atoms with Gasteiger partial charge in [0.05, 0.1) is 20.6 Å². The molecule has 3 N–H and O–H groups in total. The van der Waals surface area contributed by atoms with E-state index >= 15 is 0 Å². The number of primary sulfonamides is 1. The van der Waals surface area contributed by atoms with E-state index in [0.29, 0.717) is 0 Å². The van der Waals surface area contributed by atoms with Crippen LogP contribution in [0.3, 0.4) is 0 Å². The van der Waals surface area contributed by atoms with Crippen LogP contribution in [0.5, 0.6) is 0 Å². The van der Waals surface area contributed by atoms with Crippen LogP contribution in [0.1, 0.15) is 27.2 Å². The molecule has 0 radical (unpaired) electrons. The van der Waals surface area contributed by atoms with Crippen molar-refractivity contribution >= 4 is 44.8 Å². The molecule has 0 fully saturated rings. The maximum Gasteiger partial charge on any atom is 0.238 e. The molecular formula is C12H16Cl2N2O3S. The molecular weight excluding hydrogens is 323 g/mol. The standard InChI is InChI=1S/C12H16Cl2N2O3S/c1-12(2,3)6-10(17)16-11-8(13)4-7(5-9(11)14)20(15,18)19/h4-5H,6H2,1-3H3,(H,16,17)(H2,15,18,19). The molecule has 0 bridgehead atoms. The van der Waals surface area contributed by atoms with Crippen LogP contribution in [0, 0.1) is 5.41 Å². The van der Waals surface area contributed by atoms with E-state index in [0.717, 1.165) is 12.1 Å². The van der Waals surface area contributed by atoms with Crippen molar-refractivity contribution in [2.24, 2.45) is 10.6 Å². The molecule has 1 aromatic carbocycles. The molecule has 0 spiro atoms. The van der Waals surface area contributed by atoms with E-state index in [1.54, 1.807) is 0 Å². The number of amides is 1. The number of halogens is 2. The molecule has 0 saturated heterocycles. The Hall–Kier alpha value is -0.820. The molecule has 20 heavy (non-hydrogen) atoms. The number of benzene rings is 1. The minimum Gasteiger partial charge on any atom is -0.324 e. The second-order valence-electron chi connectivity index (χ2n) is 5.59. The molecule has 0 saturated carbocycles. The lowest BCUT2D eigenvalue weighted by atomic mass is 9.92. The molecule has 1 aromatic rings. The first-order valence-corrected chi connectivity index (χ1v) is 8.02. The van der Waals surface area contributed by atoms with Gasteiger partial charge in [-0.3, -0.25) is 4.79 Å². The summed E-state index contributed by atoms with van der Waals surface area (Å²) in [5.41, 5.74) is -0.0150. The van der Waals surface area contributed by atoms with Crippen LogP contribution in [0.2, 0.25) is 10.0 Å². The van der Waals surface area contributed by atoms with Crippen LogP contribution in [0.25, 0.3) is 0 Å². The Bertz CT molecular complexity index is 614. The van der Waals surface area contributed by atoms with Crippen LogP contribution in [-0.2, 0) is 14.8 Å². The molecule has 5 nitrogen and oxygen atoms in total. The van der Waals surface area contributed by atoms with Crippen LogP contribution in [-0.4, -0.2) is 14.3 Å². The lowest BCUT2D eigenvalue weighted by Gasteiger charge is -2.18. The van der Waals surface area contributed by atoms with Gasteiger partial charge in [0.1, 0.15) is 0 Å². The summed E-state index contributed by atoms with van der Waals surface area (Å²) in [5.74, 6) is -0.260. The highest BCUT2D eigenvalue weighted by molar-refractivity contribution is 7.89. The van der Waals surface area contributed by atoms with Gasteiger partial charge in [-0.2, -0.15) is 0 Å². The first kappa shape index (κ1) is 17.2. The molecule has 1 rings (SSSR count). The Morgan fingerprint density at radius 3 is 2.05 bits per heavy atom. The van der Waals surface area contributed by atoms with Crippen LogP contribution >= 0.6 is 23.2 Å². The molecule has 112 valence electrons. The summed E-state index contributed by atoms with van der Waals surface area (Å²) >= 11 is 11.9. The van der Waals surface area contributed by atoms with E-state index in [-0.39, 0.29) is 38.4 Å². The van der Waals surface area contributed by atoms with Gasteiger partial charge < -0.3 is 5.32 Å². The second kappa shape index (κ2) is 5.89. The summed E-state index contributed by atoms with van der Waals surface area (Å²) in [7, 11) is -3.90. The van der Waals surface area contributed by atoms with E-state index in [9.17, 15) is 13.2 Å². The van der Waals surface area contributed by atoms with Gasteiger partial charge in [0.15, 0.2) is 0 Å². The van der Waals surface area contributed by atoms with E-state index in [1.165, 1.54) is 0 Å². The quantitative estimate of drug-likeness (QED) is 0.887. The van der Waals surface area contributed by atoms with Crippen molar-refractivity contribution in [2.75, 3.05) is 5.32 Å². The van der Waals surface area contributed by atoms with Gasteiger partial charge >= 0.3 is 0 Å². The van der Waals surface area contributed by atoms with Gasteiger partial charge in [-0.15, -0.1) is 0 Å². The summed E-state index contributed by atoms with van der Waals surface area (Å²) in [4.78, 5) is 11.6.